The molecule has 31 heavy (non-hydrogen) atoms. The maximum atomic E-state index is 14.0. The monoisotopic (exact) mass is 463 g/mol. The minimum Gasteiger partial charge on any atom is -0.351 e. The molecule has 4 N–H and O–H groups in total. The summed E-state index contributed by atoms with van der Waals surface area (Å²) in [5.41, 5.74) is 6.11. The van der Waals surface area contributed by atoms with Crippen molar-refractivity contribution in [1.82, 2.24) is 21.5 Å². The summed E-state index contributed by atoms with van der Waals surface area (Å²) >= 11 is 5.94. The summed E-state index contributed by atoms with van der Waals surface area (Å²) in [5, 5.41) is 5.63. The summed E-state index contributed by atoms with van der Waals surface area (Å²) in [7, 11) is 0. The summed E-state index contributed by atoms with van der Waals surface area (Å²) in [6, 6.07) is -0.0784. The second-order valence-electron chi connectivity index (χ2n) is 10.0. The van der Waals surface area contributed by atoms with Crippen molar-refractivity contribution >= 4 is 23.5 Å². The Bertz CT molecular complexity index is 684. The summed E-state index contributed by atoms with van der Waals surface area (Å²) in [6.07, 6.45) is 0.627. The molecular weight excluding hydrogens is 431 g/mol. The van der Waals surface area contributed by atoms with E-state index in [1.54, 1.807) is 0 Å². The second-order valence-corrected chi connectivity index (χ2v) is 10.6. The largest absolute Gasteiger partial charge is 0.351 e. The predicted molar refractivity (Wildman–Crippen MR) is 114 cm³/mol. The van der Waals surface area contributed by atoms with Gasteiger partial charge in [0.25, 0.3) is 0 Å². The van der Waals surface area contributed by atoms with Gasteiger partial charge in [0, 0.05) is 30.3 Å². The molecule has 6 nitrogen and oxygen atoms in total. The van der Waals surface area contributed by atoms with Gasteiger partial charge in [0.2, 0.25) is 5.91 Å². The van der Waals surface area contributed by atoms with Crippen LogP contribution in [0.2, 0.25) is 0 Å². The van der Waals surface area contributed by atoms with Crippen molar-refractivity contribution in [3.63, 3.8) is 0 Å². The molecule has 1 aliphatic heterocycles. The van der Waals surface area contributed by atoms with Crippen molar-refractivity contribution in [3.05, 3.63) is 0 Å². The SMILES string of the molecule is CC1(N/C(=N/C2CC(C3CC(F)CC(F)C3)NN2)NC(=O)C2CCC(Cl)C(F)C2)CC1. The molecule has 4 rings (SSSR count). The molecule has 3 aliphatic carbocycles. The molecule has 10 heteroatoms. The molecule has 0 aromatic heterocycles. The number of nitrogens with one attached hydrogen (secondary N) is 4. The van der Waals surface area contributed by atoms with Crippen molar-refractivity contribution in [1.29, 1.82) is 0 Å². The van der Waals surface area contributed by atoms with Gasteiger partial charge < -0.3 is 5.32 Å². The van der Waals surface area contributed by atoms with Crippen LogP contribution in [0, 0.1) is 11.8 Å². The molecule has 0 aromatic rings. The van der Waals surface area contributed by atoms with E-state index < -0.39 is 29.8 Å². The van der Waals surface area contributed by atoms with E-state index in [-0.39, 0.29) is 42.4 Å². The van der Waals surface area contributed by atoms with Crippen molar-refractivity contribution in [2.45, 2.75) is 106 Å². The zero-order valence-corrected chi connectivity index (χ0v) is 18.6. The van der Waals surface area contributed by atoms with Crippen LogP contribution < -0.4 is 21.5 Å². The zero-order valence-electron chi connectivity index (χ0n) is 17.9. The molecule has 0 aromatic carbocycles. The van der Waals surface area contributed by atoms with Gasteiger partial charge in [-0.3, -0.25) is 15.5 Å². The standard InChI is InChI=1S/C21H33ClF3N5O/c1-21(4-5-21)28-20(27-19(31)11-2-3-15(22)16(25)8-11)26-18-10-17(29-30-18)12-6-13(23)9-14(24)7-12/h11-18,29-30H,2-10H2,1H3,(H2,26,27,28,31). The number of aliphatic imine (C=N–C) groups is 1. The topological polar surface area (TPSA) is 77.6 Å². The van der Waals surface area contributed by atoms with Gasteiger partial charge in [0.15, 0.2) is 5.96 Å². The van der Waals surface area contributed by atoms with Gasteiger partial charge in [-0.05, 0) is 57.8 Å². The molecule has 4 fully saturated rings. The van der Waals surface area contributed by atoms with Crippen LogP contribution in [-0.4, -0.2) is 53.5 Å². The van der Waals surface area contributed by atoms with Crippen LogP contribution in [0.5, 0.6) is 0 Å². The van der Waals surface area contributed by atoms with Gasteiger partial charge in [0.05, 0.1) is 5.38 Å². The van der Waals surface area contributed by atoms with Crippen molar-refractivity contribution < 1.29 is 18.0 Å². The van der Waals surface area contributed by atoms with Gasteiger partial charge >= 0.3 is 0 Å². The Labute approximate surface area is 186 Å². The lowest BCUT2D eigenvalue weighted by Gasteiger charge is -2.31. The number of nitrogens with zero attached hydrogens (tertiary/aromatic N) is 1. The first-order valence-electron chi connectivity index (χ1n) is 11.4. The highest BCUT2D eigenvalue weighted by atomic mass is 35.5. The summed E-state index contributed by atoms with van der Waals surface area (Å²) in [6.45, 7) is 2.05. The Morgan fingerprint density at radius 2 is 1.74 bits per heavy atom. The van der Waals surface area contributed by atoms with Gasteiger partial charge in [0.1, 0.15) is 24.7 Å². The maximum absolute atomic E-state index is 14.0. The van der Waals surface area contributed by atoms with Gasteiger partial charge in [-0.15, -0.1) is 11.6 Å². The molecule has 4 aliphatic rings. The van der Waals surface area contributed by atoms with E-state index in [9.17, 15) is 18.0 Å². The maximum Gasteiger partial charge on any atom is 0.229 e. The molecule has 176 valence electrons. The third-order valence-electron chi connectivity index (χ3n) is 7.12. The van der Waals surface area contributed by atoms with Crippen LogP contribution in [0.4, 0.5) is 13.2 Å². The quantitative estimate of drug-likeness (QED) is 0.293. The van der Waals surface area contributed by atoms with Crippen molar-refractivity contribution in [2.75, 3.05) is 0 Å². The van der Waals surface area contributed by atoms with Crippen LogP contribution in [0.3, 0.4) is 0 Å². The lowest BCUT2D eigenvalue weighted by Crippen LogP contribution is -2.50. The number of guanidine groups is 1. The first-order valence-corrected chi connectivity index (χ1v) is 11.9. The summed E-state index contributed by atoms with van der Waals surface area (Å²) in [5.74, 6) is -0.414. The average Bonchev–Trinajstić information content (AvgIpc) is 3.22. The van der Waals surface area contributed by atoms with E-state index in [4.69, 9.17) is 11.6 Å². The highest BCUT2D eigenvalue weighted by Crippen LogP contribution is 2.35. The fourth-order valence-electron chi connectivity index (χ4n) is 4.89. The molecule has 7 unspecified atom stereocenters. The van der Waals surface area contributed by atoms with Crippen molar-refractivity contribution in [3.8, 4) is 0 Å². The first-order chi connectivity index (χ1) is 14.7. The molecular formula is C21H33ClF3N5O. The van der Waals surface area contributed by atoms with E-state index in [2.05, 4.69) is 33.4 Å². The van der Waals surface area contributed by atoms with Crippen LogP contribution in [-0.2, 0) is 4.79 Å². The first kappa shape index (κ1) is 23.1. The number of amides is 1. The van der Waals surface area contributed by atoms with Crippen LogP contribution in [0.1, 0.15) is 64.7 Å². The molecule has 1 saturated heterocycles. The number of rotatable bonds is 4. The Kier molecular flexibility index (Phi) is 7.03. The second kappa shape index (κ2) is 9.43. The van der Waals surface area contributed by atoms with Gasteiger partial charge in [-0.2, -0.15) is 0 Å². The van der Waals surface area contributed by atoms with Gasteiger partial charge in [-0.1, -0.05) is 0 Å². The fraction of sp³-hybridized carbons (Fsp3) is 0.905. The molecule has 1 heterocycles. The van der Waals surface area contributed by atoms with Crippen LogP contribution in [0.15, 0.2) is 4.99 Å². The van der Waals surface area contributed by atoms with E-state index in [0.717, 1.165) is 12.8 Å². The Hall–Kier alpha value is -1.06. The van der Waals surface area contributed by atoms with Crippen LogP contribution in [0.25, 0.3) is 0 Å². The molecule has 1 amide bonds. The molecule has 0 bridgehead atoms. The lowest BCUT2D eigenvalue weighted by atomic mass is 9.81. The minimum atomic E-state index is -1.18. The number of hydrazine groups is 1. The van der Waals surface area contributed by atoms with E-state index in [1.807, 2.05) is 0 Å². The number of carbonyl (C=O) groups is 1. The molecule has 0 radical (unpaired) electrons. The van der Waals surface area contributed by atoms with Gasteiger partial charge in [-0.25, -0.2) is 23.6 Å². The van der Waals surface area contributed by atoms with Crippen molar-refractivity contribution in [2.24, 2.45) is 16.8 Å². The number of hydrogen-bond acceptors (Lipinski definition) is 4. The third-order valence-corrected chi connectivity index (χ3v) is 7.61. The molecule has 7 atom stereocenters. The number of halogens is 4. The number of hydrogen-bond donors (Lipinski definition) is 4. The molecule has 3 saturated carbocycles. The third kappa shape index (κ3) is 6.05. The van der Waals surface area contributed by atoms with E-state index >= 15 is 0 Å². The van der Waals surface area contributed by atoms with E-state index in [1.165, 1.54) is 0 Å². The highest BCUT2D eigenvalue weighted by molar-refractivity contribution is 6.21. The van der Waals surface area contributed by atoms with Crippen LogP contribution >= 0.6 is 11.6 Å². The predicted octanol–water partition coefficient (Wildman–Crippen LogP) is 3.02. The highest BCUT2D eigenvalue weighted by Gasteiger charge is 2.41. The number of carbonyl (C=O) groups excluding carboxylic acids is 1. The average molecular weight is 464 g/mol. The Morgan fingerprint density at radius 3 is 2.39 bits per heavy atom. The number of alkyl halides is 4. The summed E-state index contributed by atoms with van der Waals surface area (Å²) < 4.78 is 41.6. The smallest absolute Gasteiger partial charge is 0.229 e. The Morgan fingerprint density at radius 1 is 1.03 bits per heavy atom. The summed E-state index contributed by atoms with van der Waals surface area (Å²) in [4.78, 5) is 17.4. The lowest BCUT2D eigenvalue weighted by molar-refractivity contribution is -0.125. The molecule has 0 spiro atoms. The zero-order chi connectivity index (χ0) is 22.2. The normalized spacial score (nSPS) is 42.8. The van der Waals surface area contributed by atoms with E-state index in [0.29, 0.717) is 38.1 Å². The minimum absolute atomic E-state index is 0.0116. The fourth-order valence-corrected chi connectivity index (χ4v) is 5.12. The Balaban J connectivity index is 1.37.